The van der Waals surface area contributed by atoms with Gasteiger partial charge < -0.3 is 10.6 Å². The lowest BCUT2D eigenvalue weighted by Gasteiger charge is -2.20. The summed E-state index contributed by atoms with van der Waals surface area (Å²) in [6.45, 7) is 6.65. The molecule has 0 bridgehead atoms. The van der Waals surface area contributed by atoms with Crippen molar-refractivity contribution in [2.45, 2.75) is 63.8 Å². The molecule has 2 amide bonds. The summed E-state index contributed by atoms with van der Waals surface area (Å²) >= 11 is 0. The molecule has 1 aliphatic heterocycles. The smallest absolute Gasteiger partial charge is 0.255 e. The van der Waals surface area contributed by atoms with Gasteiger partial charge in [-0.25, -0.2) is 8.42 Å². The number of anilines is 1. The largest absolute Gasteiger partial charge is 0.350 e. The molecule has 2 aromatic rings. The molecule has 0 spiro atoms. The lowest BCUT2D eigenvalue weighted by atomic mass is 10.1. The summed E-state index contributed by atoms with van der Waals surface area (Å²) in [6.07, 6.45) is 4.52. The van der Waals surface area contributed by atoms with Crippen molar-refractivity contribution in [1.82, 2.24) is 9.62 Å². The maximum Gasteiger partial charge on any atom is 0.255 e. The highest BCUT2D eigenvalue weighted by Crippen LogP contribution is 2.24. The van der Waals surface area contributed by atoms with Crippen LogP contribution in [0.5, 0.6) is 0 Å². The number of hydrogen-bond donors (Lipinski definition) is 2. The third-order valence-electron chi connectivity index (χ3n) is 6.07. The highest BCUT2D eigenvalue weighted by atomic mass is 32.2. The van der Waals surface area contributed by atoms with E-state index >= 15 is 0 Å². The van der Waals surface area contributed by atoms with Gasteiger partial charge in [-0.05, 0) is 62.9 Å². The second-order valence-electron chi connectivity index (χ2n) is 8.58. The Bertz CT molecular complexity index is 1110. The van der Waals surface area contributed by atoms with Gasteiger partial charge in [0.15, 0.2) is 0 Å². The molecule has 0 aliphatic carbocycles. The van der Waals surface area contributed by atoms with Gasteiger partial charge in [0.1, 0.15) is 0 Å². The highest BCUT2D eigenvalue weighted by molar-refractivity contribution is 7.89. The van der Waals surface area contributed by atoms with Crippen molar-refractivity contribution in [3.63, 3.8) is 0 Å². The summed E-state index contributed by atoms with van der Waals surface area (Å²) in [7, 11) is -3.68. The Balaban J connectivity index is 1.86. The molecular weight excluding hydrogens is 438 g/mol. The standard InChI is InChI=1S/C25H33N3O4S/c1-4-19(3)26-24(29)21-11-7-8-12-23(21)27-25(30)22-17-20(14-13-18(22)2)33(31,32)28-15-9-5-6-10-16-28/h7-8,11-14,17,19H,4-6,9-10,15-16H2,1-3H3,(H,26,29)(H,27,30). The number of hydrogen-bond acceptors (Lipinski definition) is 4. The molecular formula is C25H33N3O4S. The number of carbonyl (C=O) groups excluding carboxylic acids is 2. The van der Waals surface area contributed by atoms with Crippen LogP contribution in [0, 0.1) is 6.92 Å². The first kappa shape index (κ1) is 24.9. The molecule has 0 saturated carbocycles. The molecule has 2 aromatic carbocycles. The predicted octanol–water partition coefficient (Wildman–Crippen LogP) is 4.34. The molecule has 1 heterocycles. The van der Waals surface area contributed by atoms with E-state index in [2.05, 4.69) is 10.6 Å². The fourth-order valence-electron chi connectivity index (χ4n) is 3.82. The van der Waals surface area contributed by atoms with E-state index in [1.165, 1.54) is 10.4 Å². The second kappa shape index (κ2) is 10.9. The summed E-state index contributed by atoms with van der Waals surface area (Å²) < 4.78 is 27.9. The van der Waals surface area contributed by atoms with Crippen LogP contribution in [-0.4, -0.2) is 43.7 Å². The molecule has 1 aliphatic rings. The molecule has 1 atom stereocenters. The molecule has 0 radical (unpaired) electrons. The predicted molar refractivity (Wildman–Crippen MR) is 130 cm³/mol. The molecule has 3 rings (SSSR count). The third-order valence-corrected chi connectivity index (χ3v) is 7.96. The Kier molecular flexibility index (Phi) is 8.26. The SMILES string of the molecule is CCC(C)NC(=O)c1ccccc1NC(=O)c1cc(S(=O)(=O)N2CCCCCC2)ccc1C. The van der Waals surface area contributed by atoms with Crippen molar-refractivity contribution in [2.75, 3.05) is 18.4 Å². The average Bonchev–Trinajstić information content (AvgIpc) is 3.09. The number of nitrogens with one attached hydrogen (secondary N) is 2. The number of sulfonamides is 1. The Morgan fingerprint density at radius 3 is 2.30 bits per heavy atom. The van der Waals surface area contributed by atoms with E-state index in [0.717, 1.165) is 32.1 Å². The molecule has 178 valence electrons. The monoisotopic (exact) mass is 471 g/mol. The van der Waals surface area contributed by atoms with Crippen molar-refractivity contribution < 1.29 is 18.0 Å². The van der Waals surface area contributed by atoms with E-state index in [9.17, 15) is 18.0 Å². The number of amides is 2. The fraction of sp³-hybridized carbons (Fsp3) is 0.440. The van der Waals surface area contributed by atoms with E-state index in [4.69, 9.17) is 0 Å². The average molecular weight is 472 g/mol. The topological polar surface area (TPSA) is 95.6 Å². The van der Waals surface area contributed by atoms with Gasteiger partial charge in [-0.15, -0.1) is 0 Å². The zero-order valence-corrected chi connectivity index (χ0v) is 20.4. The molecule has 33 heavy (non-hydrogen) atoms. The van der Waals surface area contributed by atoms with Crippen LogP contribution in [0.2, 0.25) is 0 Å². The molecule has 1 saturated heterocycles. The Morgan fingerprint density at radius 1 is 0.970 bits per heavy atom. The maximum absolute atomic E-state index is 13.2. The lowest BCUT2D eigenvalue weighted by molar-refractivity contribution is 0.0940. The van der Waals surface area contributed by atoms with Crippen LogP contribution in [0.15, 0.2) is 47.4 Å². The minimum absolute atomic E-state index is 0.00405. The van der Waals surface area contributed by atoms with Crippen LogP contribution in [0.25, 0.3) is 0 Å². The maximum atomic E-state index is 13.2. The normalized spacial score (nSPS) is 16.0. The Labute approximate surface area is 196 Å². The van der Waals surface area contributed by atoms with Gasteiger partial charge >= 0.3 is 0 Å². The third kappa shape index (κ3) is 6.00. The van der Waals surface area contributed by atoms with Gasteiger partial charge in [-0.3, -0.25) is 9.59 Å². The molecule has 8 heteroatoms. The fourth-order valence-corrected chi connectivity index (χ4v) is 5.36. The van der Waals surface area contributed by atoms with Gasteiger partial charge in [0.05, 0.1) is 16.1 Å². The van der Waals surface area contributed by atoms with Gasteiger partial charge in [0.2, 0.25) is 10.0 Å². The van der Waals surface area contributed by atoms with Gasteiger partial charge in [0.25, 0.3) is 11.8 Å². The molecule has 7 nitrogen and oxygen atoms in total. The van der Waals surface area contributed by atoms with Gasteiger partial charge in [-0.1, -0.05) is 38.0 Å². The first-order valence-electron chi connectivity index (χ1n) is 11.6. The van der Waals surface area contributed by atoms with Crippen LogP contribution in [-0.2, 0) is 10.0 Å². The van der Waals surface area contributed by atoms with Crippen molar-refractivity contribution in [1.29, 1.82) is 0 Å². The van der Waals surface area contributed by atoms with E-state index in [0.29, 0.717) is 29.9 Å². The first-order chi connectivity index (χ1) is 15.7. The van der Waals surface area contributed by atoms with Gasteiger partial charge in [0, 0.05) is 24.7 Å². The lowest BCUT2D eigenvalue weighted by Crippen LogP contribution is -2.33. The number of benzene rings is 2. The summed E-state index contributed by atoms with van der Waals surface area (Å²) in [5, 5.41) is 5.71. The van der Waals surface area contributed by atoms with Crippen LogP contribution >= 0.6 is 0 Å². The number of aryl methyl sites for hydroxylation is 1. The number of rotatable bonds is 7. The minimum atomic E-state index is -3.68. The van der Waals surface area contributed by atoms with E-state index in [1.54, 1.807) is 43.3 Å². The second-order valence-corrected chi connectivity index (χ2v) is 10.5. The van der Waals surface area contributed by atoms with Crippen molar-refractivity contribution in [3.05, 3.63) is 59.2 Å². The van der Waals surface area contributed by atoms with Crippen molar-refractivity contribution in [2.24, 2.45) is 0 Å². The molecule has 1 fully saturated rings. The van der Waals surface area contributed by atoms with Crippen LogP contribution in [0.1, 0.15) is 72.2 Å². The zero-order valence-electron chi connectivity index (χ0n) is 19.6. The number of para-hydroxylation sites is 1. The van der Waals surface area contributed by atoms with E-state index in [-0.39, 0.29) is 22.4 Å². The summed E-state index contributed by atoms with van der Waals surface area (Å²) in [4.78, 5) is 25.9. The van der Waals surface area contributed by atoms with E-state index < -0.39 is 15.9 Å². The first-order valence-corrected chi connectivity index (χ1v) is 13.0. The zero-order chi connectivity index (χ0) is 24.0. The number of carbonyl (C=O) groups is 2. The van der Waals surface area contributed by atoms with E-state index in [1.807, 2.05) is 13.8 Å². The van der Waals surface area contributed by atoms with Gasteiger partial charge in [-0.2, -0.15) is 4.31 Å². The minimum Gasteiger partial charge on any atom is -0.350 e. The van der Waals surface area contributed by atoms with Crippen molar-refractivity contribution >= 4 is 27.5 Å². The molecule has 2 N–H and O–H groups in total. The highest BCUT2D eigenvalue weighted by Gasteiger charge is 2.26. The van der Waals surface area contributed by atoms with Crippen LogP contribution < -0.4 is 10.6 Å². The Hall–Kier alpha value is -2.71. The van der Waals surface area contributed by atoms with Crippen LogP contribution in [0.3, 0.4) is 0 Å². The summed E-state index contributed by atoms with van der Waals surface area (Å²) in [5.41, 5.74) is 1.66. The molecule has 1 unspecified atom stereocenters. The molecule has 0 aromatic heterocycles. The van der Waals surface area contributed by atoms with Crippen LogP contribution in [0.4, 0.5) is 5.69 Å². The van der Waals surface area contributed by atoms with Crippen molar-refractivity contribution in [3.8, 4) is 0 Å². The quantitative estimate of drug-likeness (QED) is 0.628. The number of nitrogens with zero attached hydrogens (tertiary/aromatic N) is 1. The summed E-state index contributed by atoms with van der Waals surface area (Å²) in [5.74, 6) is -0.723. The summed E-state index contributed by atoms with van der Waals surface area (Å²) in [6, 6.07) is 11.4. The Morgan fingerprint density at radius 2 is 1.64 bits per heavy atom.